The van der Waals surface area contributed by atoms with Crippen LogP contribution in [0.1, 0.15) is 27.7 Å². The summed E-state index contributed by atoms with van der Waals surface area (Å²) < 4.78 is 15.2. The topological polar surface area (TPSA) is 23.4 Å². The Bertz CT molecular complexity index is 1840. The summed E-state index contributed by atoms with van der Waals surface area (Å²) in [5.41, 5.74) is 8.56. The van der Waals surface area contributed by atoms with Gasteiger partial charge >= 0.3 is 7.12 Å². The second-order valence-electron chi connectivity index (χ2n) is 11.7. The largest absolute Gasteiger partial charge is 0.494 e. The highest BCUT2D eigenvalue weighted by Crippen LogP contribution is 2.41. The first-order valence-corrected chi connectivity index (χ1v) is 14.0. The first-order valence-electron chi connectivity index (χ1n) is 14.0. The first-order chi connectivity index (χ1) is 19.3. The number of para-hydroxylation sites is 1. The average Bonchev–Trinajstić information content (AvgIpc) is 3.42. The van der Waals surface area contributed by atoms with E-state index < -0.39 is 7.12 Å². The number of hydrogen-bond donors (Lipinski definition) is 0. The minimum absolute atomic E-state index is 0.384. The van der Waals surface area contributed by atoms with Crippen LogP contribution < -0.4 is 5.46 Å². The van der Waals surface area contributed by atoms with Crippen LogP contribution in [-0.2, 0) is 9.31 Å². The van der Waals surface area contributed by atoms with E-state index in [2.05, 4.69) is 154 Å². The van der Waals surface area contributed by atoms with Crippen molar-refractivity contribution in [2.24, 2.45) is 0 Å². The van der Waals surface area contributed by atoms with Gasteiger partial charge in [-0.1, -0.05) is 91.0 Å². The maximum Gasteiger partial charge on any atom is 0.494 e. The Kier molecular flexibility index (Phi) is 5.74. The van der Waals surface area contributed by atoms with Crippen LogP contribution in [0.4, 0.5) is 0 Å². The summed E-state index contributed by atoms with van der Waals surface area (Å²) in [7, 11) is -0.403. The van der Waals surface area contributed by atoms with E-state index in [1.165, 1.54) is 38.5 Å². The molecule has 1 saturated heterocycles. The standard InChI is InChI=1S/C36H32BNO2/c1-35(2)36(3,4)40-37(39-35)28-16-11-15-27(23-28)30-19-12-20-33-34(30)31-24-26(25-13-7-5-8-14-25)21-22-32(31)38(33)29-17-9-6-10-18-29/h5-24H,1-4H3. The van der Waals surface area contributed by atoms with E-state index >= 15 is 0 Å². The third-order valence-electron chi connectivity index (χ3n) is 8.63. The van der Waals surface area contributed by atoms with Gasteiger partial charge in [-0.3, -0.25) is 0 Å². The van der Waals surface area contributed by atoms with E-state index in [0.29, 0.717) is 0 Å². The quantitative estimate of drug-likeness (QED) is 0.218. The van der Waals surface area contributed by atoms with Gasteiger partial charge in [-0.2, -0.15) is 0 Å². The predicted molar refractivity (Wildman–Crippen MR) is 167 cm³/mol. The number of benzene rings is 5. The molecule has 0 spiro atoms. The minimum atomic E-state index is -0.403. The molecule has 6 aromatic rings. The summed E-state index contributed by atoms with van der Waals surface area (Å²) >= 11 is 0. The van der Waals surface area contributed by atoms with Crippen molar-refractivity contribution in [2.75, 3.05) is 0 Å². The first kappa shape index (κ1) is 24.9. The Morgan fingerprint density at radius 1 is 0.550 bits per heavy atom. The lowest BCUT2D eigenvalue weighted by Crippen LogP contribution is -2.41. The molecule has 2 heterocycles. The molecular weight excluding hydrogens is 489 g/mol. The number of aromatic nitrogens is 1. The molecule has 1 aromatic heterocycles. The maximum atomic E-state index is 6.40. The smallest absolute Gasteiger partial charge is 0.399 e. The summed E-state index contributed by atoms with van der Waals surface area (Å²) in [6, 6.07) is 43.3. The molecule has 5 aromatic carbocycles. The SMILES string of the molecule is CC1(C)OB(c2cccc(-c3cccc4c3c3cc(-c5ccccc5)ccc3n4-c3ccccc3)c2)OC1(C)C. The van der Waals surface area contributed by atoms with Gasteiger partial charge in [-0.05, 0) is 85.7 Å². The average molecular weight is 521 g/mol. The molecule has 40 heavy (non-hydrogen) atoms. The lowest BCUT2D eigenvalue weighted by molar-refractivity contribution is 0.00578. The Balaban J connectivity index is 1.46. The lowest BCUT2D eigenvalue weighted by atomic mass is 9.78. The minimum Gasteiger partial charge on any atom is -0.399 e. The van der Waals surface area contributed by atoms with Gasteiger partial charge in [0.05, 0.1) is 22.2 Å². The van der Waals surface area contributed by atoms with Gasteiger partial charge in [0.1, 0.15) is 0 Å². The number of nitrogens with zero attached hydrogens (tertiary/aromatic N) is 1. The molecule has 7 rings (SSSR count). The van der Waals surface area contributed by atoms with E-state index in [0.717, 1.165) is 16.7 Å². The van der Waals surface area contributed by atoms with Crippen molar-refractivity contribution >= 4 is 34.4 Å². The predicted octanol–water partition coefficient (Wildman–Crippen LogP) is 8.42. The molecule has 1 aliphatic rings. The monoisotopic (exact) mass is 521 g/mol. The summed E-state index contributed by atoms with van der Waals surface area (Å²) in [4.78, 5) is 0. The fourth-order valence-corrected chi connectivity index (χ4v) is 5.81. The van der Waals surface area contributed by atoms with Crippen molar-refractivity contribution in [1.82, 2.24) is 4.57 Å². The Hall–Kier alpha value is -4.12. The van der Waals surface area contributed by atoms with Crippen LogP contribution in [0.2, 0.25) is 0 Å². The summed E-state index contributed by atoms with van der Waals surface area (Å²) in [5.74, 6) is 0. The highest BCUT2D eigenvalue weighted by molar-refractivity contribution is 6.62. The van der Waals surface area contributed by atoms with E-state index in [9.17, 15) is 0 Å². The molecule has 3 nitrogen and oxygen atoms in total. The van der Waals surface area contributed by atoms with E-state index in [1.54, 1.807) is 0 Å². The van der Waals surface area contributed by atoms with E-state index in [1.807, 2.05) is 0 Å². The van der Waals surface area contributed by atoms with Crippen LogP contribution >= 0.6 is 0 Å². The van der Waals surface area contributed by atoms with Crippen molar-refractivity contribution in [3.05, 3.63) is 121 Å². The zero-order valence-corrected chi connectivity index (χ0v) is 23.4. The van der Waals surface area contributed by atoms with Crippen molar-refractivity contribution < 1.29 is 9.31 Å². The molecule has 0 unspecified atom stereocenters. The Morgan fingerprint density at radius 3 is 1.93 bits per heavy atom. The lowest BCUT2D eigenvalue weighted by Gasteiger charge is -2.32. The van der Waals surface area contributed by atoms with Gasteiger partial charge in [0, 0.05) is 16.5 Å². The molecule has 196 valence electrons. The van der Waals surface area contributed by atoms with Gasteiger partial charge in [-0.25, -0.2) is 0 Å². The van der Waals surface area contributed by atoms with Crippen LogP contribution in [0, 0.1) is 0 Å². The van der Waals surface area contributed by atoms with Crippen LogP contribution in [0.3, 0.4) is 0 Å². The molecule has 0 N–H and O–H groups in total. The summed E-state index contributed by atoms with van der Waals surface area (Å²) in [5, 5.41) is 2.47. The van der Waals surface area contributed by atoms with Gasteiger partial charge < -0.3 is 13.9 Å². The number of hydrogen-bond acceptors (Lipinski definition) is 2. The zero-order valence-electron chi connectivity index (χ0n) is 23.4. The van der Waals surface area contributed by atoms with Crippen molar-refractivity contribution in [3.8, 4) is 27.9 Å². The van der Waals surface area contributed by atoms with Crippen LogP contribution in [-0.4, -0.2) is 22.9 Å². The van der Waals surface area contributed by atoms with Gasteiger partial charge in [0.25, 0.3) is 0 Å². The van der Waals surface area contributed by atoms with E-state index in [-0.39, 0.29) is 11.2 Å². The molecule has 0 atom stereocenters. The number of rotatable bonds is 4. The molecule has 1 fully saturated rings. The normalized spacial score (nSPS) is 16.1. The van der Waals surface area contributed by atoms with E-state index in [4.69, 9.17) is 9.31 Å². The van der Waals surface area contributed by atoms with Crippen molar-refractivity contribution in [1.29, 1.82) is 0 Å². The Labute approximate surface area is 236 Å². The van der Waals surface area contributed by atoms with Crippen molar-refractivity contribution in [3.63, 3.8) is 0 Å². The molecular formula is C36H32BNO2. The summed E-state index contributed by atoms with van der Waals surface area (Å²) in [6.07, 6.45) is 0. The molecule has 1 aliphatic heterocycles. The van der Waals surface area contributed by atoms with Crippen molar-refractivity contribution in [2.45, 2.75) is 38.9 Å². The zero-order chi connectivity index (χ0) is 27.5. The molecule has 0 bridgehead atoms. The third-order valence-corrected chi connectivity index (χ3v) is 8.63. The second-order valence-corrected chi connectivity index (χ2v) is 11.7. The van der Waals surface area contributed by atoms with Crippen LogP contribution in [0.5, 0.6) is 0 Å². The highest BCUT2D eigenvalue weighted by atomic mass is 16.7. The second kappa shape index (κ2) is 9.23. The Morgan fingerprint density at radius 2 is 1.20 bits per heavy atom. The fourth-order valence-electron chi connectivity index (χ4n) is 5.81. The van der Waals surface area contributed by atoms with Gasteiger partial charge in [-0.15, -0.1) is 0 Å². The molecule has 0 aliphatic carbocycles. The van der Waals surface area contributed by atoms with Gasteiger partial charge in [0.2, 0.25) is 0 Å². The fraction of sp³-hybridized carbons (Fsp3) is 0.167. The highest BCUT2D eigenvalue weighted by Gasteiger charge is 2.51. The third kappa shape index (κ3) is 3.99. The van der Waals surface area contributed by atoms with Crippen LogP contribution in [0.15, 0.2) is 121 Å². The van der Waals surface area contributed by atoms with Gasteiger partial charge in [0.15, 0.2) is 0 Å². The molecule has 4 heteroatoms. The maximum absolute atomic E-state index is 6.40. The molecule has 0 radical (unpaired) electrons. The molecule has 0 saturated carbocycles. The molecule has 0 amide bonds. The summed E-state index contributed by atoms with van der Waals surface area (Å²) in [6.45, 7) is 8.39. The number of fused-ring (bicyclic) bond motifs is 3. The van der Waals surface area contributed by atoms with Crippen LogP contribution in [0.25, 0.3) is 49.7 Å².